The number of likely N-dealkylation sites (tertiary alicyclic amines) is 1. The Morgan fingerprint density at radius 3 is 2.56 bits per heavy atom. The van der Waals surface area contributed by atoms with Gasteiger partial charge in [0, 0.05) is 32.1 Å². The van der Waals surface area contributed by atoms with Crippen molar-refractivity contribution in [3.8, 4) is 0 Å². The van der Waals surface area contributed by atoms with Gasteiger partial charge in [-0.05, 0) is 32.0 Å². The third kappa shape index (κ3) is 3.79. The lowest BCUT2D eigenvalue weighted by Crippen LogP contribution is -2.45. The number of carbonyl (C=O) groups is 3. The first kappa shape index (κ1) is 22.3. The molecule has 0 bridgehead atoms. The number of aromatic nitrogens is 3. The number of hydrogen-bond donors (Lipinski definition) is 2. The molecule has 5 rings (SSSR count). The predicted molar refractivity (Wildman–Crippen MR) is 127 cm³/mol. The number of likely N-dealkylation sites (N-methyl/N-ethyl adjacent to an activating group) is 1. The first-order valence-electron chi connectivity index (χ1n) is 11.5. The van der Waals surface area contributed by atoms with Gasteiger partial charge >= 0.3 is 6.03 Å². The molecule has 3 fully saturated rings. The molecule has 180 valence electrons. The summed E-state index contributed by atoms with van der Waals surface area (Å²) in [6.45, 7) is 6.58. The number of carbonyl (C=O) groups excluding carboxylic acids is 3. The first-order valence-corrected chi connectivity index (χ1v) is 11.5. The van der Waals surface area contributed by atoms with Crippen LogP contribution < -0.4 is 20.4 Å². The minimum absolute atomic E-state index is 0.0200. The van der Waals surface area contributed by atoms with Gasteiger partial charge in [0.25, 0.3) is 5.91 Å². The van der Waals surface area contributed by atoms with Gasteiger partial charge in [-0.25, -0.2) is 9.78 Å². The Hall–Kier alpha value is -3.47. The highest BCUT2D eigenvalue weighted by molar-refractivity contribution is 6.07. The Morgan fingerprint density at radius 2 is 1.88 bits per heavy atom. The Bertz CT molecular complexity index is 1170. The summed E-state index contributed by atoms with van der Waals surface area (Å²) in [6.07, 6.45) is 3.26. The molecule has 2 N–H and O–H groups in total. The van der Waals surface area contributed by atoms with Gasteiger partial charge in [0.05, 0.1) is 18.3 Å². The summed E-state index contributed by atoms with van der Waals surface area (Å²) >= 11 is 0. The number of nitrogens with one attached hydrogen (secondary N) is 2. The maximum absolute atomic E-state index is 13.1. The predicted octanol–water partition coefficient (Wildman–Crippen LogP) is 1.43. The van der Waals surface area contributed by atoms with E-state index in [0.29, 0.717) is 36.8 Å². The normalized spacial score (nSPS) is 24.4. The zero-order valence-electron chi connectivity index (χ0n) is 20.0. The van der Waals surface area contributed by atoms with Crippen molar-refractivity contribution in [2.24, 2.45) is 12.5 Å². The molecule has 1 spiro atoms. The summed E-state index contributed by atoms with van der Waals surface area (Å²) < 4.78 is 1.57. The van der Waals surface area contributed by atoms with E-state index in [4.69, 9.17) is 0 Å². The second-order valence-corrected chi connectivity index (χ2v) is 10.3. The fraction of sp³-hybridized carbons (Fsp3) is 0.522. The minimum atomic E-state index is -0.462. The van der Waals surface area contributed by atoms with Gasteiger partial charge in [-0.2, -0.15) is 5.10 Å². The van der Waals surface area contributed by atoms with E-state index in [9.17, 15) is 14.4 Å². The van der Waals surface area contributed by atoms with Crippen LogP contribution in [0.3, 0.4) is 0 Å². The number of urea groups is 1. The van der Waals surface area contributed by atoms with E-state index in [1.54, 1.807) is 45.9 Å². The monoisotopic (exact) mass is 466 g/mol. The molecule has 34 heavy (non-hydrogen) atoms. The number of pyridine rings is 1. The summed E-state index contributed by atoms with van der Waals surface area (Å²) in [5.74, 6) is 0.401. The van der Waals surface area contributed by atoms with E-state index in [1.807, 2.05) is 20.9 Å². The Labute approximate surface area is 198 Å². The lowest BCUT2D eigenvalue weighted by atomic mass is 9.92. The molecule has 2 aromatic heterocycles. The Morgan fingerprint density at radius 1 is 1.09 bits per heavy atom. The molecule has 11 heteroatoms. The van der Waals surface area contributed by atoms with E-state index < -0.39 is 11.3 Å². The molecule has 3 aliphatic heterocycles. The molecule has 0 aliphatic carbocycles. The van der Waals surface area contributed by atoms with Crippen LogP contribution in [0, 0.1) is 5.41 Å². The molecule has 1 atom stereocenters. The molecule has 4 amide bonds. The van der Waals surface area contributed by atoms with Gasteiger partial charge in [-0.15, -0.1) is 0 Å². The van der Waals surface area contributed by atoms with Crippen LogP contribution in [0.25, 0.3) is 0 Å². The third-order valence-corrected chi connectivity index (χ3v) is 6.96. The topological polar surface area (TPSA) is 116 Å². The van der Waals surface area contributed by atoms with Crippen LogP contribution in [0.2, 0.25) is 0 Å². The highest BCUT2D eigenvalue weighted by Gasteiger charge is 2.47. The number of aryl methyl sites for hydroxylation is 1. The van der Waals surface area contributed by atoms with Crippen molar-refractivity contribution in [1.29, 1.82) is 0 Å². The van der Waals surface area contributed by atoms with E-state index in [1.165, 1.54) is 0 Å². The maximum Gasteiger partial charge on any atom is 0.323 e. The number of hydrogen-bond acceptors (Lipinski definition) is 6. The van der Waals surface area contributed by atoms with Crippen molar-refractivity contribution in [2.45, 2.75) is 32.2 Å². The van der Waals surface area contributed by atoms with Gasteiger partial charge in [-0.3, -0.25) is 24.1 Å². The lowest BCUT2D eigenvalue weighted by Gasteiger charge is -2.22. The quantitative estimate of drug-likeness (QED) is 0.705. The summed E-state index contributed by atoms with van der Waals surface area (Å²) in [4.78, 5) is 48.5. The van der Waals surface area contributed by atoms with Gasteiger partial charge in [-0.1, -0.05) is 19.9 Å². The van der Waals surface area contributed by atoms with Gasteiger partial charge in [0.2, 0.25) is 5.91 Å². The molecule has 0 saturated carbocycles. The van der Waals surface area contributed by atoms with Crippen molar-refractivity contribution >= 4 is 35.2 Å². The van der Waals surface area contributed by atoms with E-state index in [2.05, 4.69) is 25.6 Å². The van der Waals surface area contributed by atoms with Gasteiger partial charge in [0.1, 0.15) is 17.2 Å². The molecule has 11 nitrogen and oxygen atoms in total. The molecular weight excluding hydrogens is 436 g/mol. The van der Waals surface area contributed by atoms with Crippen molar-refractivity contribution in [3.05, 3.63) is 30.1 Å². The van der Waals surface area contributed by atoms with Crippen LogP contribution in [0.15, 0.2) is 24.4 Å². The molecule has 5 heterocycles. The van der Waals surface area contributed by atoms with Gasteiger partial charge < -0.3 is 15.5 Å². The van der Waals surface area contributed by atoms with Crippen LogP contribution in [0.5, 0.6) is 0 Å². The van der Waals surface area contributed by atoms with Crippen LogP contribution in [-0.2, 0) is 11.8 Å². The van der Waals surface area contributed by atoms with Crippen molar-refractivity contribution in [3.63, 3.8) is 0 Å². The molecular formula is C23H30N8O3. The van der Waals surface area contributed by atoms with Gasteiger partial charge in [0.15, 0.2) is 5.82 Å². The fourth-order valence-electron chi connectivity index (χ4n) is 5.02. The zero-order valence-corrected chi connectivity index (χ0v) is 20.0. The number of amides is 4. The molecule has 3 aliphatic rings. The smallest absolute Gasteiger partial charge is 0.323 e. The third-order valence-electron chi connectivity index (χ3n) is 6.96. The highest BCUT2D eigenvalue weighted by atomic mass is 16.2. The number of rotatable bonds is 4. The maximum atomic E-state index is 13.1. The molecule has 2 aromatic rings. The first-order chi connectivity index (χ1) is 16.1. The number of anilines is 3. The van der Waals surface area contributed by atoms with E-state index in [0.717, 1.165) is 19.5 Å². The van der Waals surface area contributed by atoms with Crippen LogP contribution in [0.1, 0.15) is 37.2 Å². The fourth-order valence-corrected chi connectivity index (χ4v) is 5.02. The van der Waals surface area contributed by atoms with Crippen LogP contribution in [-0.4, -0.2) is 76.3 Å². The highest BCUT2D eigenvalue weighted by Crippen LogP contribution is 2.36. The zero-order chi connectivity index (χ0) is 24.3. The lowest BCUT2D eigenvalue weighted by molar-refractivity contribution is -0.124. The van der Waals surface area contributed by atoms with Crippen molar-refractivity contribution in [2.75, 3.05) is 48.3 Å². The second kappa shape index (κ2) is 7.79. The van der Waals surface area contributed by atoms with Crippen LogP contribution >= 0.6 is 0 Å². The number of nitrogens with zero attached hydrogens (tertiary/aromatic N) is 6. The molecule has 1 unspecified atom stereocenters. The second-order valence-electron chi connectivity index (χ2n) is 10.3. The Balaban J connectivity index is 1.35. The van der Waals surface area contributed by atoms with Crippen molar-refractivity contribution < 1.29 is 14.4 Å². The van der Waals surface area contributed by atoms with Crippen LogP contribution in [0.4, 0.5) is 22.1 Å². The molecule has 3 saturated heterocycles. The summed E-state index contributed by atoms with van der Waals surface area (Å²) in [7, 11) is 3.78. The van der Waals surface area contributed by atoms with Crippen molar-refractivity contribution in [1.82, 2.24) is 25.0 Å². The SMILES string of the molecule is CN1CCC2(C1)CN(c1cccc(C(=O)Nc3cn(C)nc3N3CCC(C)(C)C3=O)n1)C(=O)N2. The standard InChI is InChI=1S/C23H30N8O3/c1-22(2)8-11-30(20(22)33)18-16(12-29(4)27-18)25-19(32)15-6-5-7-17(24-15)31-14-23(26-21(31)34)9-10-28(3)13-23/h5-7,12H,8-11,13-14H2,1-4H3,(H,25,32)(H,26,34). The average Bonchev–Trinajstić information content (AvgIpc) is 3.49. The van der Waals surface area contributed by atoms with E-state index >= 15 is 0 Å². The average molecular weight is 467 g/mol. The molecule has 0 aromatic carbocycles. The summed E-state index contributed by atoms with van der Waals surface area (Å²) in [6, 6.07) is 4.85. The largest absolute Gasteiger partial charge is 0.329 e. The summed E-state index contributed by atoms with van der Waals surface area (Å²) in [5.41, 5.74) is -0.126. The molecule has 0 radical (unpaired) electrons. The Kier molecular flexibility index (Phi) is 5.12. The van der Waals surface area contributed by atoms with E-state index in [-0.39, 0.29) is 23.2 Å². The summed E-state index contributed by atoms with van der Waals surface area (Å²) in [5, 5.41) is 10.4. The minimum Gasteiger partial charge on any atom is -0.329 e.